The third-order valence-electron chi connectivity index (χ3n) is 5.82. The van der Waals surface area contributed by atoms with Crippen LogP contribution in [0.4, 0.5) is 5.69 Å². The summed E-state index contributed by atoms with van der Waals surface area (Å²) in [6, 6.07) is 20.3. The number of nitrogens with zero attached hydrogens (tertiary/aromatic N) is 5. The minimum atomic E-state index is -0.498. The van der Waals surface area contributed by atoms with Crippen LogP contribution in [0.25, 0.3) is 28.0 Å². The van der Waals surface area contributed by atoms with Crippen LogP contribution in [0.15, 0.2) is 82.1 Å². The fraction of sp³-hybridized carbons (Fsp3) is 0.148. The summed E-state index contributed by atoms with van der Waals surface area (Å²) in [5, 5.41) is 27.9. The first-order valence-corrected chi connectivity index (χ1v) is 12.7. The number of nitrogens with one attached hydrogen (secondary N) is 1. The molecule has 0 radical (unpaired) electrons. The first-order chi connectivity index (χ1) is 19.0. The first-order valence-electron chi connectivity index (χ1n) is 11.7. The highest BCUT2D eigenvalue weighted by Gasteiger charge is 2.21. The van der Waals surface area contributed by atoms with Crippen molar-refractivity contribution in [1.82, 2.24) is 19.7 Å². The predicted molar refractivity (Wildman–Crippen MR) is 147 cm³/mol. The van der Waals surface area contributed by atoms with E-state index in [0.717, 1.165) is 5.69 Å². The Balaban J connectivity index is 1.45. The molecule has 12 heteroatoms. The molecular formula is C27H24N6O5S. The molecule has 2 N–H and O–H groups in total. The molecule has 39 heavy (non-hydrogen) atoms. The quantitative estimate of drug-likeness (QED) is 0.182. The van der Waals surface area contributed by atoms with Crippen LogP contribution < -0.4 is 14.2 Å². The number of aromatic amines is 1. The van der Waals surface area contributed by atoms with Crippen molar-refractivity contribution in [2.24, 2.45) is 10.2 Å². The zero-order valence-corrected chi connectivity index (χ0v) is 22.1. The van der Waals surface area contributed by atoms with Gasteiger partial charge in [0, 0.05) is 16.6 Å². The van der Waals surface area contributed by atoms with Crippen molar-refractivity contribution < 1.29 is 24.1 Å². The van der Waals surface area contributed by atoms with Crippen molar-refractivity contribution >= 4 is 34.3 Å². The molecule has 11 nitrogen and oxygen atoms in total. The van der Waals surface area contributed by atoms with Gasteiger partial charge in [-0.25, -0.2) is 0 Å². The molecule has 5 rings (SSSR count). The van der Waals surface area contributed by atoms with Crippen LogP contribution >= 0.6 is 11.8 Å². The maximum absolute atomic E-state index is 12.6. The molecule has 0 aliphatic carbocycles. The van der Waals surface area contributed by atoms with E-state index in [9.17, 15) is 9.90 Å². The van der Waals surface area contributed by atoms with Crippen molar-refractivity contribution in [1.29, 1.82) is 0 Å². The van der Waals surface area contributed by atoms with Gasteiger partial charge in [-0.1, -0.05) is 48.2 Å². The van der Waals surface area contributed by atoms with Crippen molar-refractivity contribution in [3.8, 4) is 40.2 Å². The van der Waals surface area contributed by atoms with Gasteiger partial charge in [0.1, 0.15) is 0 Å². The summed E-state index contributed by atoms with van der Waals surface area (Å²) in [4.78, 5) is 15.5. The van der Waals surface area contributed by atoms with E-state index < -0.39 is 5.91 Å². The number of thioether (sulfide) groups is 1. The average molecular weight is 545 g/mol. The van der Waals surface area contributed by atoms with E-state index in [1.807, 2.05) is 47.0 Å². The molecule has 5 aromatic rings. The number of carbonyl (C=O) groups is 1. The number of hydrogen-bond acceptors (Lipinski definition) is 9. The summed E-state index contributed by atoms with van der Waals surface area (Å²) < 4.78 is 18.3. The summed E-state index contributed by atoms with van der Waals surface area (Å²) in [5.41, 5.74) is 2.38. The first kappa shape index (κ1) is 25.8. The lowest BCUT2D eigenvalue weighted by Gasteiger charge is -2.15. The maximum Gasteiger partial charge on any atom is 0.275 e. The minimum Gasteiger partial charge on any atom is -0.493 e. The second-order valence-corrected chi connectivity index (χ2v) is 9.08. The smallest absolute Gasteiger partial charge is 0.275 e. The largest absolute Gasteiger partial charge is 0.493 e. The number of aromatic hydroxyl groups is 1. The van der Waals surface area contributed by atoms with E-state index in [1.165, 1.54) is 18.9 Å². The number of methoxy groups -OCH3 is 3. The van der Waals surface area contributed by atoms with Gasteiger partial charge >= 0.3 is 0 Å². The SMILES string of the molecule is COc1cc(-c2nnc(SCC(=O)N=Nc3c(O)[nH]c4ccccc34)n2-c2ccccc2)cc(OC)c1OC. The van der Waals surface area contributed by atoms with Gasteiger partial charge in [0.25, 0.3) is 5.91 Å². The number of aromatic nitrogens is 4. The van der Waals surface area contributed by atoms with Crippen LogP contribution in [-0.2, 0) is 4.79 Å². The van der Waals surface area contributed by atoms with E-state index in [2.05, 4.69) is 25.4 Å². The van der Waals surface area contributed by atoms with Crippen LogP contribution in [0.2, 0.25) is 0 Å². The number of rotatable bonds is 9. The second-order valence-electron chi connectivity index (χ2n) is 8.14. The van der Waals surface area contributed by atoms with Gasteiger partial charge < -0.3 is 24.3 Å². The van der Waals surface area contributed by atoms with Crippen LogP contribution in [0.1, 0.15) is 0 Å². The normalized spacial score (nSPS) is 11.3. The van der Waals surface area contributed by atoms with E-state index in [-0.39, 0.29) is 17.3 Å². The molecule has 198 valence electrons. The molecule has 0 unspecified atom stereocenters. The Morgan fingerprint density at radius 1 is 0.974 bits per heavy atom. The third-order valence-corrected chi connectivity index (χ3v) is 6.73. The monoisotopic (exact) mass is 544 g/mol. The van der Waals surface area contributed by atoms with Gasteiger partial charge in [-0.05, 0) is 30.3 Å². The van der Waals surface area contributed by atoms with Crippen LogP contribution in [0.5, 0.6) is 23.1 Å². The molecule has 0 bridgehead atoms. The number of amides is 1. The highest BCUT2D eigenvalue weighted by Crippen LogP contribution is 2.42. The molecule has 0 saturated heterocycles. The zero-order chi connectivity index (χ0) is 27.4. The number of hydrogen-bond donors (Lipinski definition) is 2. The molecule has 0 spiro atoms. The van der Waals surface area contributed by atoms with Crippen molar-refractivity contribution in [2.45, 2.75) is 5.16 Å². The van der Waals surface area contributed by atoms with Gasteiger partial charge in [0.2, 0.25) is 11.6 Å². The molecule has 3 aromatic carbocycles. The Morgan fingerprint density at radius 3 is 2.36 bits per heavy atom. The fourth-order valence-electron chi connectivity index (χ4n) is 4.05. The summed E-state index contributed by atoms with van der Waals surface area (Å²) in [6.45, 7) is 0. The van der Waals surface area contributed by atoms with Gasteiger partial charge in [0.05, 0.1) is 32.6 Å². The number of fused-ring (bicyclic) bond motifs is 1. The highest BCUT2D eigenvalue weighted by molar-refractivity contribution is 7.99. The molecule has 2 heterocycles. The Bertz CT molecular complexity index is 1640. The second kappa shape index (κ2) is 11.3. The van der Waals surface area contributed by atoms with Gasteiger partial charge in [-0.15, -0.1) is 20.4 Å². The highest BCUT2D eigenvalue weighted by atomic mass is 32.2. The van der Waals surface area contributed by atoms with E-state index in [1.54, 1.807) is 38.5 Å². The van der Waals surface area contributed by atoms with Crippen molar-refractivity contribution in [3.63, 3.8) is 0 Å². The fourth-order valence-corrected chi connectivity index (χ4v) is 4.78. The van der Waals surface area contributed by atoms with E-state index in [4.69, 9.17) is 14.2 Å². The topological polar surface area (TPSA) is 136 Å². The number of carbonyl (C=O) groups excluding carboxylic acids is 1. The minimum absolute atomic E-state index is 0.0488. The maximum atomic E-state index is 12.6. The molecule has 0 aliphatic rings. The Kier molecular flexibility index (Phi) is 7.46. The Labute approximate surface area is 227 Å². The number of ether oxygens (including phenoxy) is 3. The molecule has 0 aliphatic heterocycles. The van der Waals surface area contributed by atoms with E-state index in [0.29, 0.717) is 44.7 Å². The number of para-hydroxylation sites is 2. The lowest BCUT2D eigenvalue weighted by Crippen LogP contribution is -2.03. The molecule has 0 atom stereocenters. The van der Waals surface area contributed by atoms with Gasteiger partial charge in [0.15, 0.2) is 28.2 Å². The molecule has 0 saturated carbocycles. The standard InChI is InChI=1S/C27H24N6O5S/c1-36-20-13-16(14-21(37-2)24(20)38-3)25-31-32-27(33(25)17-9-5-4-6-10-17)39-15-22(34)29-30-23-18-11-7-8-12-19(18)28-26(23)35/h4-14,28,35H,15H2,1-3H3. The summed E-state index contributed by atoms with van der Waals surface area (Å²) in [6.07, 6.45) is 0. The van der Waals surface area contributed by atoms with Crippen LogP contribution in [0.3, 0.4) is 0 Å². The summed E-state index contributed by atoms with van der Waals surface area (Å²) >= 11 is 1.17. The van der Waals surface area contributed by atoms with Crippen LogP contribution in [0, 0.1) is 0 Å². The van der Waals surface area contributed by atoms with Crippen molar-refractivity contribution in [3.05, 3.63) is 66.7 Å². The molecular weight excluding hydrogens is 520 g/mol. The third kappa shape index (κ3) is 5.14. The lowest BCUT2D eigenvalue weighted by atomic mass is 10.1. The molecule has 0 fully saturated rings. The lowest BCUT2D eigenvalue weighted by molar-refractivity contribution is -0.115. The van der Waals surface area contributed by atoms with Gasteiger partial charge in [-0.2, -0.15) is 0 Å². The van der Waals surface area contributed by atoms with Crippen molar-refractivity contribution in [2.75, 3.05) is 27.1 Å². The Hall–Kier alpha value is -4.84. The van der Waals surface area contributed by atoms with Gasteiger partial charge in [-0.3, -0.25) is 9.36 Å². The van der Waals surface area contributed by atoms with Crippen LogP contribution in [-0.4, -0.2) is 57.8 Å². The number of azo groups is 1. The zero-order valence-electron chi connectivity index (χ0n) is 21.3. The predicted octanol–water partition coefficient (Wildman–Crippen LogP) is 5.55. The number of H-pyrrole nitrogens is 1. The number of benzene rings is 3. The summed E-state index contributed by atoms with van der Waals surface area (Å²) in [5.74, 6) is 1.22. The molecule has 1 amide bonds. The molecule has 2 aromatic heterocycles. The van der Waals surface area contributed by atoms with E-state index >= 15 is 0 Å². The average Bonchev–Trinajstić information content (AvgIpc) is 3.54. The Morgan fingerprint density at radius 2 is 1.67 bits per heavy atom. The summed E-state index contributed by atoms with van der Waals surface area (Å²) in [7, 11) is 4.62.